The van der Waals surface area contributed by atoms with Crippen LogP contribution in [0, 0.1) is 0 Å². The highest BCUT2D eigenvalue weighted by atomic mass is 16.2. The van der Waals surface area contributed by atoms with Gasteiger partial charge < -0.3 is 14.8 Å². The molecular weight excluding hydrogens is 318 g/mol. The predicted molar refractivity (Wildman–Crippen MR) is 92.9 cm³/mol. The van der Waals surface area contributed by atoms with Crippen LogP contribution in [0.5, 0.6) is 0 Å². The summed E-state index contributed by atoms with van der Waals surface area (Å²) < 4.78 is 0. The molecule has 1 fully saturated rings. The monoisotopic (exact) mass is 337 g/mol. The van der Waals surface area contributed by atoms with Gasteiger partial charge in [0.1, 0.15) is 11.8 Å². The fourth-order valence-electron chi connectivity index (χ4n) is 3.36. The number of imidazole rings is 1. The number of fused-ring (bicyclic) bond motifs is 1. The largest absolute Gasteiger partial charge is 0.348 e. The first kappa shape index (κ1) is 15.5. The molecule has 0 aliphatic carbocycles. The van der Waals surface area contributed by atoms with Crippen LogP contribution < -0.4 is 4.90 Å². The van der Waals surface area contributed by atoms with Crippen LogP contribution in [-0.2, 0) is 4.79 Å². The summed E-state index contributed by atoms with van der Waals surface area (Å²) in [7, 11) is 1.85. The van der Waals surface area contributed by atoms with Gasteiger partial charge in [-0.05, 0) is 25.0 Å². The highest BCUT2D eigenvalue weighted by molar-refractivity contribution is 5.87. The second kappa shape index (κ2) is 6.46. The van der Waals surface area contributed by atoms with Crippen molar-refractivity contribution in [1.82, 2.24) is 29.8 Å². The average molecular weight is 337 g/mol. The van der Waals surface area contributed by atoms with Crippen LogP contribution >= 0.6 is 0 Å². The number of hydrogen-bond donors (Lipinski definition) is 1. The molecule has 8 heteroatoms. The van der Waals surface area contributed by atoms with Gasteiger partial charge in [0.15, 0.2) is 11.5 Å². The average Bonchev–Trinajstić information content (AvgIpc) is 3.31. The Morgan fingerprint density at radius 3 is 3.08 bits per heavy atom. The molecule has 1 aliphatic rings. The molecule has 0 unspecified atom stereocenters. The number of likely N-dealkylation sites (tertiary alicyclic amines) is 1. The lowest BCUT2D eigenvalue weighted by atomic mass is 10.1. The van der Waals surface area contributed by atoms with Gasteiger partial charge in [-0.1, -0.05) is 6.07 Å². The lowest BCUT2D eigenvalue weighted by Crippen LogP contribution is -2.39. The molecule has 1 aliphatic heterocycles. The number of H-pyrrole nitrogens is 1. The number of anilines is 1. The number of aromatic nitrogens is 5. The van der Waals surface area contributed by atoms with Crippen LogP contribution in [0.2, 0.25) is 0 Å². The van der Waals surface area contributed by atoms with Crippen molar-refractivity contribution in [3.63, 3.8) is 0 Å². The number of amides is 1. The van der Waals surface area contributed by atoms with Gasteiger partial charge in [-0.2, -0.15) is 0 Å². The minimum atomic E-state index is 0.0553. The van der Waals surface area contributed by atoms with Crippen LogP contribution in [0.25, 0.3) is 11.2 Å². The van der Waals surface area contributed by atoms with Gasteiger partial charge in [0.2, 0.25) is 5.91 Å². The van der Waals surface area contributed by atoms with Gasteiger partial charge >= 0.3 is 0 Å². The van der Waals surface area contributed by atoms with E-state index in [0.717, 1.165) is 30.6 Å². The minimum Gasteiger partial charge on any atom is -0.348 e. The van der Waals surface area contributed by atoms with E-state index in [0.29, 0.717) is 11.5 Å². The standard InChI is InChI=1S/C17H19N7O/c1-23(17-15-16(20-10-19-15)21-11-22-17)9-14(25)24-8-4-6-13(24)12-5-2-3-7-18-12/h2-3,5,7,10-11,13H,4,6,8-9H2,1H3,(H,19,20,21,22)/t13-/m1/s1. The zero-order valence-corrected chi connectivity index (χ0v) is 14.0. The number of likely N-dealkylation sites (N-methyl/N-ethyl adjacent to an activating group) is 1. The molecule has 3 aromatic heterocycles. The summed E-state index contributed by atoms with van der Waals surface area (Å²) in [6, 6.07) is 5.90. The predicted octanol–water partition coefficient (Wildman–Crippen LogP) is 1.55. The summed E-state index contributed by atoms with van der Waals surface area (Å²) in [5.41, 5.74) is 2.28. The number of carbonyl (C=O) groups excluding carboxylic acids is 1. The van der Waals surface area contributed by atoms with Gasteiger partial charge in [-0.3, -0.25) is 9.78 Å². The van der Waals surface area contributed by atoms with Crippen molar-refractivity contribution in [1.29, 1.82) is 0 Å². The highest BCUT2D eigenvalue weighted by Crippen LogP contribution is 2.31. The summed E-state index contributed by atoms with van der Waals surface area (Å²) >= 11 is 0. The number of carbonyl (C=O) groups is 1. The SMILES string of the molecule is CN(CC(=O)N1CCC[C@@H]1c1ccccn1)c1ncnc2nc[nH]c12. The fraction of sp³-hybridized carbons (Fsp3) is 0.353. The van der Waals surface area contributed by atoms with Crippen LogP contribution in [0.15, 0.2) is 37.1 Å². The molecule has 128 valence electrons. The van der Waals surface area contributed by atoms with E-state index < -0.39 is 0 Å². The van der Waals surface area contributed by atoms with E-state index in [1.807, 2.05) is 35.0 Å². The third-order valence-corrected chi connectivity index (χ3v) is 4.54. The molecule has 1 amide bonds. The summed E-state index contributed by atoms with van der Waals surface area (Å²) in [5.74, 6) is 0.742. The maximum Gasteiger partial charge on any atom is 0.242 e. The molecule has 8 nitrogen and oxygen atoms in total. The van der Waals surface area contributed by atoms with Gasteiger partial charge in [-0.15, -0.1) is 0 Å². The van der Waals surface area contributed by atoms with E-state index in [-0.39, 0.29) is 18.5 Å². The molecule has 0 bridgehead atoms. The van der Waals surface area contributed by atoms with Gasteiger partial charge in [-0.25, -0.2) is 15.0 Å². The Bertz CT molecular complexity index is 879. The molecule has 1 saturated heterocycles. The van der Waals surface area contributed by atoms with Crippen LogP contribution in [0.4, 0.5) is 5.82 Å². The normalized spacial score (nSPS) is 17.2. The Balaban J connectivity index is 1.52. The Kier molecular flexibility index (Phi) is 4.01. The van der Waals surface area contributed by atoms with Crippen molar-refractivity contribution in [3.05, 3.63) is 42.7 Å². The molecule has 25 heavy (non-hydrogen) atoms. The first-order valence-corrected chi connectivity index (χ1v) is 8.29. The van der Waals surface area contributed by atoms with Crippen molar-refractivity contribution in [2.24, 2.45) is 0 Å². The van der Waals surface area contributed by atoms with Crippen molar-refractivity contribution >= 4 is 22.9 Å². The first-order valence-electron chi connectivity index (χ1n) is 8.29. The summed E-state index contributed by atoms with van der Waals surface area (Å²) in [6.45, 7) is 1.01. The van der Waals surface area contributed by atoms with Gasteiger partial charge in [0, 0.05) is 19.8 Å². The lowest BCUT2D eigenvalue weighted by molar-refractivity contribution is -0.130. The lowest BCUT2D eigenvalue weighted by Gasteiger charge is -2.27. The molecular formula is C17H19N7O. The smallest absolute Gasteiger partial charge is 0.242 e. The number of nitrogens with one attached hydrogen (secondary N) is 1. The van der Waals surface area contributed by atoms with E-state index in [1.165, 1.54) is 6.33 Å². The molecule has 1 N–H and O–H groups in total. The maximum absolute atomic E-state index is 12.9. The molecule has 4 rings (SSSR count). The Morgan fingerprint density at radius 1 is 1.32 bits per heavy atom. The Hall–Kier alpha value is -3.03. The highest BCUT2D eigenvalue weighted by Gasteiger charge is 2.31. The van der Waals surface area contributed by atoms with Crippen molar-refractivity contribution in [2.45, 2.75) is 18.9 Å². The molecule has 4 heterocycles. The van der Waals surface area contributed by atoms with E-state index in [1.54, 1.807) is 12.5 Å². The zero-order chi connectivity index (χ0) is 17.2. The van der Waals surface area contributed by atoms with E-state index in [9.17, 15) is 4.79 Å². The third-order valence-electron chi connectivity index (χ3n) is 4.54. The first-order chi connectivity index (χ1) is 12.2. The molecule has 0 spiro atoms. The minimum absolute atomic E-state index is 0.0553. The third kappa shape index (κ3) is 2.90. The van der Waals surface area contributed by atoms with E-state index in [4.69, 9.17) is 0 Å². The quantitative estimate of drug-likeness (QED) is 0.777. The van der Waals surface area contributed by atoms with Gasteiger partial charge in [0.05, 0.1) is 24.6 Å². The van der Waals surface area contributed by atoms with Crippen LogP contribution in [-0.4, -0.2) is 55.9 Å². The fourth-order valence-corrected chi connectivity index (χ4v) is 3.36. The van der Waals surface area contributed by atoms with E-state index in [2.05, 4.69) is 24.9 Å². The number of nitrogens with zero attached hydrogens (tertiary/aromatic N) is 6. The van der Waals surface area contributed by atoms with E-state index >= 15 is 0 Å². The zero-order valence-electron chi connectivity index (χ0n) is 14.0. The molecule has 3 aromatic rings. The Labute approximate surface area is 144 Å². The van der Waals surface area contributed by atoms with Crippen LogP contribution in [0.3, 0.4) is 0 Å². The maximum atomic E-state index is 12.9. The van der Waals surface area contributed by atoms with Gasteiger partial charge in [0.25, 0.3) is 0 Å². The summed E-state index contributed by atoms with van der Waals surface area (Å²) in [4.78, 5) is 36.6. The molecule has 0 radical (unpaired) electrons. The summed E-state index contributed by atoms with van der Waals surface area (Å²) in [5, 5.41) is 0. The second-order valence-electron chi connectivity index (χ2n) is 6.15. The topological polar surface area (TPSA) is 90.9 Å². The Morgan fingerprint density at radius 2 is 2.24 bits per heavy atom. The second-order valence-corrected chi connectivity index (χ2v) is 6.15. The molecule has 0 aromatic carbocycles. The number of hydrogen-bond acceptors (Lipinski definition) is 6. The van der Waals surface area contributed by atoms with Crippen molar-refractivity contribution < 1.29 is 4.79 Å². The number of pyridine rings is 1. The van der Waals surface area contributed by atoms with Crippen LogP contribution in [0.1, 0.15) is 24.6 Å². The summed E-state index contributed by atoms with van der Waals surface area (Å²) in [6.07, 6.45) is 6.76. The molecule has 0 saturated carbocycles. The molecule has 1 atom stereocenters. The number of aromatic amines is 1. The number of rotatable bonds is 4. The van der Waals surface area contributed by atoms with Crippen molar-refractivity contribution in [3.8, 4) is 0 Å². The van der Waals surface area contributed by atoms with Crippen molar-refractivity contribution in [2.75, 3.05) is 25.0 Å².